The fraction of sp³-hybridized carbons (Fsp3) is 0.429. The highest BCUT2D eigenvalue weighted by Gasteiger charge is 2.22. The van der Waals surface area contributed by atoms with Crippen LogP contribution < -0.4 is 5.69 Å². The minimum Gasteiger partial charge on any atom is -0.459 e. The zero-order valence-electron chi connectivity index (χ0n) is 12.9. The highest BCUT2D eigenvalue weighted by Crippen LogP contribution is 2.18. The van der Waals surface area contributed by atoms with Gasteiger partial charge in [-0.05, 0) is 39.8 Å². The summed E-state index contributed by atoms with van der Waals surface area (Å²) in [6, 6.07) is 3.47. The van der Waals surface area contributed by atoms with Crippen LogP contribution in [-0.2, 0) is 12.1 Å². The lowest BCUT2D eigenvalue weighted by atomic mass is 10.1. The summed E-state index contributed by atoms with van der Waals surface area (Å²) in [6.45, 7) is 7.72. The Hall–Kier alpha value is -2.64. The number of nitrogens with zero attached hydrogens (tertiary/aromatic N) is 5. The number of hydrogen-bond acceptors (Lipinski definition) is 6. The van der Waals surface area contributed by atoms with Gasteiger partial charge < -0.3 is 8.83 Å². The molecule has 0 N–H and O–H groups in total. The van der Waals surface area contributed by atoms with Crippen LogP contribution in [0.3, 0.4) is 0 Å². The molecule has 0 saturated carbocycles. The van der Waals surface area contributed by atoms with Crippen LogP contribution in [0.5, 0.6) is 0 Å². The summed E-state index contributed by atoms with van der Waals surface area (Å²) in [5.74, 6) is 1.70. The molecule has 0 aliphatic rings. The Morgan fingerprint density at radius 3 is 2.64 bits per heavy atom. The van der Waals surface area contributed by atoms with Gasteiger partial charge in [0.05, 0.1) is 11.8 Å². The molecule has 0 spiro atoms. The average Bonchev–Trinajstić information content (AvgIpc) is 3.13. The quantitative estimate of drug-likeness (QED) is 0.732. The first-order valence-corrected chi connectivity index (χ1v) is 6.89. The molecule has 0 atom stereocenters. The monoisotopic (exact) mass is 303 g/mol. The molecule has 3 aromatic rings. The van der Waals surface area contributed by atoms with Gasteiger partial charge in [0, 0.05) is 0 Å². The van der Waals surface area contributed by atoms with E-state index < -0.39 is 0 Å². The summed E-state index contributed by atoms with van der Waals surface area (Å²) in [5.41, 5.74) is -0.593. The largest absolute Gasteiger partial charge is 0.459 e. The number of aryl methyl sites for hydroxylation is 1. The molecule has 0 bridgehead atoms. The van der Waals surface area contributed by atoms with E-state index in [1.165, 1.54) is 15.5 Å². The molecular formula is C14H17N5O3. The fourth-order valence-electron chi connectivity index (χ4n) is 2.07. The predicted molar refractivity (Wildman–Crippen MR) is 77.3 cm³/mol. The molecule has 0 amide bonds. The number of rotatable bonds is 3. The van der Waals surface area contributed by atoms with Gasteiger partial charge in [0.1, 0.15) is 12.4 Å². The van der Waals surface area contributed by atoms with Crippen molar-refractivity contribution in [2.45, 2.75) is 39.8 Å². The van der Waals surface area contributed by atoms with E-state index in [0.29, 0.717) is 17.5 Å². The third kappa shape index (κ3) is 2.47. The molecule has 0 fully saturated rings. The van der Waals surface area contributed by atoms with Crippen molar-refractivity contribution in [1.29, 1.82) is 0 Å². The first-order valence-electron chi connectivity index (χ1n) is 6.89. The van der Waals surface area contributed by atoms with Crippen molar-refractivity contribution in [2.24, 2.45) is 0 Å². The van der Waals surface area contributed by atoms with E-state index in [2.05, 4.69) is 15.3 Å². The summed E-state index contributed by atoms with van der Waals surface area (Å²) in [6.07, 6.45) is 1.53. The summed E-state index contributed by atoms with van der Waals surface area (Å²) < 4.78 is 13.7. The minimum absolute atomic E-state index is 0.175. The van der Waals surface area contributed by atoms with Gasteiger partial charge in [-0.25, -0.2) is 9.48 Å². The van der Waals surface area contributed by atoms with E-state index >= 15 is 0 Å². The number of furan rings is 1. The van der Waals surface area contributed by atoms with Gasteiger partial charge in [-0.3, -0.25) is 4.57 Å². The Bertz CT molecular complexity index is 833. The van der Waals surface area contributed by atoms with Crippen LogP contribution in [0.25, 0.3) is 11.7 Å². The van der Waals surface area contributed by atoms with Crippen LogP contribution in [0.4, 0.5) is 0 Å². The third-order valence-electron chi connectivity index (χ3n) is 3.18. The second-order valence-electron chi connectivity index (χ2n) is 5.98. The minimum atomic E-state index is -0.388. The molecule has 0 unspecified atom stereocenters. The van der Waals surface area contributed by atoms with E-state index in [4.69, 9.17) is 8.83 Å². The third-order valence-corrected chi connectivity index (χ3v) is 3.18. The zero-order chi connectivity index (χ0) is 15.9. The zero-order valence-corrected chi connectivity index (χ0v) is 12.9. The smallest absolute Gasteiger partial charge is 0.346 e. The van der Waals surface area contributed by atoms with Crippen molar-refractivity contribution in [3.05, 3.63) is 40.6 Å². The van der Waals surface area contributed by atoms with Crippen molar-refractivity contribution < 1.29 is 8.83 Å². The Balaban J connectivity index is 1.91. The van der Waals surface area contributed by atoms with E-state index in [1.807, 2.05) is 20.8 Å². The highest BCUT2D eigenvalue weighted by atomic mass is 16.4. The Labute approximate surface area is 126 Å². The molecule has 8 nitrogen and oxygen atoms in total. The molecule has 0 aliphatic carbocycles. The van der Waals surface area contributed by atoms with Gasteiger partial charge in [0.25, 0.3) is 5.89 Å². The molecule has 0 aromatic carbocycles. The van der Waals surface area contributed by atoms with Crippen molar-refractivity contribution in [3.8, 4) is 11.7 Å². The fourth-order valence-corrected chi connectivity index (χ4v) is 2.07. The van der Waals surface area contributed by atoms with Crippen LogP contribution in [0.1, 0.15) is 32.5 Å². The summed E-state index contributed by atoms with van der Waals surface area (Å²) in [7, 11) is 0. The Morgan fingerprint density at radius 1 is 1.27 bits per heavy atom. The van der Waals surface area contributed by atoms with Crippen LogP contribution >= 0.6 is 0 Å². The molecule has 0 saturated heterocycles. The van der Waals surface area contributed by atoms with Gasteiger partial charge in [0.2, 0.25) is 5.89 Å². The Morgan fingerprint density at radius 2 is 2.05 bits per heavy atom. The van der Waals surface area contributed by atoms with Crippen LogP contribution in [0, 0.1) is 6.92 Å². The summed E-state index contributed by atoms with van der Waals surface area (Å²) >= 11 is 0. The van der Waals surface area contributed by atoms with E-state index in [-0.39, 0.29) is 23.7 Å². The maximum absolute atomic E-state index is 12.4. The number of aromatic nitrogens is 5. The SMILES string of the molecule is Cc1nn(C(C)(C)C)c(=O)n1Cc1nnc(-c2ccco2)o1. The molecular weight excluding hydrogens is 286 g/mol. The maximum Gasteiger partial charge on any atom is 0.346 e. The average molecular weight is 303 g/mol. The van der Waals surface area contributed by atoms with Crippen molar-refractivity contribution >= 4 is 0 Å². The molecule has 0 aliphatic heterocycles. The topological polar surface area (TPSA) is 91.9 Å². The summed E-state index contributed by atoms with van der Waals surface area (Å²) in [5, 5.41) is 12.2. The van der Waals surface area contributed by atoms with Gasteiger partial charge in [-0.1, -0.05) is 0 Å². The molecule has 116 valence electrons. The lowest BCUT2D eigenvalue weighted by Gasteiger charge is -2.16. The van der Waals surface area contributed by atoms with Crippen LogP contribution in [0.2, 0.25) is 0 Å². The summed E-state index contributed by atoms with van der Waals surface area (Å²) in [4.78, 5) is 12.4. The normalized spacial score (nSPS) is 12.0. The second kappa shape index (κ2) is 4.97. The molecule has 0 radical (unpaired) electrons. The predicted octanol–water partition coefficient (Wildman–Crippen LogP) is 1.80. The second-order valence-corrected chi connectivity index (χ2v) is 5.98. The lowest BCUT2D eigenvalue weighted by molar-refractivity contribution is 0.339. The standard InChI is InChI=1S/C14H17N5O3/c1-9-17-19(14(2,3)4)13(20)18(9)8-11-15-16-12(22-11)10-6-5-7-21-10/h5-7H,8H2,1-4H3. The van der Waals surface area contributed by atoms with Crippen LogP contribution in [-0.4, -0.2) is 24.5 Å². The van der Waals surface area contributed by atoms with Gasteiger partial charge >= 0.3 is 5.69 Å². The van der Waals surface area contributed by atoms with Gasteiger partial charge in [-0.2, -0.15) is 5.10 Å². The van der Waals surface area contributed by atoms with E-state index in [1.54, 1.807) is 19.1 Å². The molecule has 3 rings (SSSR count). The number of hydrogen-bond donors (Lipinski definition) is 0. The molecule has 8 heteroatoms. The first-order chi connectivity index (χ1) is 10.4. The van der Waals surface area contributed by atoms with Crippen molar-refractivity contribution in [1.82, 2.24) is 24.5 Å². The van der Waals surface area contributed by atoms with Gasteiger partial charge in [0.15, 0.2) is 5.76 Å². The lowest BCUT2D eigenvalue weighted by Crippen LogP contribution is -2.36. The first kappa shape index (κ1) is 14.3. The van der Waals surface area contributed by atoms with Gasteiger partial charge in [-0.15, -0.1) is 10.2 Å². The van der Waals surface area contributed by atoms with E-state index in [9.17, 15) is 4.79 Å². The van der Waals surface area contributed by atoms with Crippen molar-refractivity contribution in [2.75, 3.05) is 0 Å². The molecule has 3 heterocycles. The molecule has 3 aromatic heterocycles. The van der Waals surface area contributed by atoms with E-state index in [0.717, 1.165) is 0 Å². The highest BCUT2D eigenvalue weighted by molar-refractivity contribution is 5.42. The maximum atomic E-state index is 12.4. The Kier molecular flexibility index (Phi) is 3.23. The molecule has 22 heavy (non-hydrogen) atoms. The van der Waals surface area contributed by atoms with Crippen LogP contribution in [0.15, 0.2) is 32.0 Å². The van der Waals surface area contributed by atoms with Crippen molar-refractivity contribution in [3.63, 3.8) is 0 Å².